The number of hydrogen-bond donors (Lipinski definition) is 3. The van der Waals surface area contributed by atoms with E-state index in [4.69, 9.17) is 5.11 Å². The molecule has 17 heavy (non-hydrogen) atoms. The van der Waals surface area contributed by atoms with Crippen LogP contribution in [-0.2, 0) is 4.79 Å². The van der Waals surface area contributed by atoms with Gasteiger partial charge in [-0.2, -0.15) is 0 Å². The Balaban J connectivity index is 2.64. The second-order valence-electron chi connectivity index (χ2n) is 4.35. The van der Waals surface area contributed by atoms with Gasteiger partial charge in [-0.05, 0) is 11.5 Å². The molecule has 1 aromatic rings. The van der Waals surface area contributed by atoms with Gasteiger partial charge in [0.2, 0.25) is 0 Å². The second-order valence-corrected chi connectivity index (χ2v) is 4.35. The summed E-state index contributed by atoms with van der Waals surface area (Å²) in [5.41, 5.74) is 0.547. The van der Waals surface area contributed by atoms with Crippen LogP contribution in [0.1, 0.15) is 25.5 Å². The molecule has 0 radical (unpaired) electrons. The summed E-state index contributed by atoms with van der Waals surface area (Å²) < 4.78 is 0. The number of aliphatic hydroxyl groups is 2. The van der Waals surface area contributed by atoms with Crippen molar-refractivity contribution in [3.8, 4) is 0 Å². The molecule has 3 N–H and O–H groups in total. The molecule has 0 saturated carbocycles. The van der Waals surface area contributed by atoms with E-state index in [1.54, 1.807) is 24.3 Å². The lowest BCUT2D eigenvalue weighted by Gasteiger charge is -2.21. The molecule has 0 aromatic heterocycles. The van der Waals surface area contributed by atoms with Crippen molar-refractivity contribution in [1.29, 1.82) is 0 Å². The van der Waals surface area contributed by atoms with Gasteiger partial charge in [0.05, 0.1) is 12.6 Å². The minimum absolute atomic E-state index is 0.118. The lowest BCUT2D eigenvalue weighted by Crippen LogP contribution is -2.43. The molecular formula is C13H19NO3. The van der Waals surface area contributed by atoms with Crippen LogP contribution in [0.5, 0.6) is 0 Å². The first-order valence-electron chi connectivity index (χ1n) is 5.70. The van der Waals surface area contributed by atoms with E-state index < -0.39 is 12.0 Å². The van der Waals surface area contributed by atoms with Crippen LogP contribution < -0.4 is 5.32 Å². The highest BCUT2D eigenvalue weighted by molar-refractivity contribution is 5.82. The van der Waals surface area contributed by atoms with E-state index in [-0.39, 0.29) is 18.6 Å². The highest BCUT2D eigenvalue weighted by Gasteiger charge is 2.21. The van der Waals surface area contributed by atoms with Crippen LogP contribution in [-0.4, -0.2) is 28.8 Å². The minimum Gasteiger partial charge on any atom is -0.394 e. The Labute approximate surface area is 101 Å². The van der Waals surface area contributed by atoms with Gasteiger partial charge in [-0.3, -0.25) is 4.79 Å². The Morgan fingerprint density at radius 2 is 1.88 bits per heavy atom. The van der Waals surface area contributed by atoms with E-state index in [2.05, 4.69) is 5.32 Å². The molecule has 0 heterocycles. The third-order valence-corrected chi connectivity index (χ3v) is 2.69. The van der Waals surface area contributed by atoms with Crippen molar-refractivity contribution in [2.24, 2.45) is 5.92 Å². The Morgan fingerprint density at radius 3 is 2.35 bits per heavy atom. The molecular weight excluding hydrogens is 218 g/mol. The van der Waals surface area contributed by atoms with Gasteiger partial charge < -0.3 is 15.5 Å². The molecule has 0 saturated heterocycles. The maximum absolute atomic E-state index is 11.7. The standard InChI is InChI=1S/C13H19NO3/c1-9(2)11(8-15)14-13(17)12(16)10-6-4-3-5-7-10/h3-7,9,11-12,15-16H,8H2,1-2H3,(H,14,17)/t11-,12-/m1/s1. The van der Waals surface area contributed by atoms with Gasteiger partial charge in [0.25, 0.3) is 5.91 Å². The Hall–Kier alpha value is -1.39. The molecule has 0 spiro atoms. The Kier molecular flexibility index (Phi) is 5.12. The molecule has 0 aliphatic rings. The SMILES string of the molecule is CC(C)[C@@H](CO)NC(=O)[C@H](O)c1ccccc1. The molecule has 4 heteroatoms. The van der Waals surface area contributed by atoms with Crippen LogP contribution in [0.15, 0.2) is 30.3 Å². The zero-order valence-electron chi connectivity index (χ0n) is 10.1. The van der Waals surface area contributed by atoms with Crippen molar-refractivity contribution in [3.05, 3.63) is 35.9 Å². The Morgan fingerprint density at radius 1 is 1.29 bits per heavy atom. The zero-order chi connectivity index (χ0) is 12.8. The second kappa shape index (κ2) is 6.37. The van der Waals surface area contributed by atoms with E-state index in [1.165, 1.54) is 0 Å². The summed E-state index contributed by atoms with van der Waals surface area (Å²) in [6.45, 7) is 3.66. The number of aliphatic hydroxyl groups excluding tert-OH is 2. The van der Waals surface area contributed by atoms with Gasteiger partial charge >= 0.3 is 0 Å². The number of hydrogen-bond acceptors (Lipinski definition) is 3. The fraction of sp³-hybridized carbons (Fsp3) is 0.462. The largest absolute Gasteiger partial charge is 0.394 e. The van der Waals surface area contributed by atoms with Crippen LogP contribution in [0.2, 0.25) is 0 Å². The molecule has 1 aromatic carbocycles. The van der Waals surface area contributed by atoms with Gasteiger partial charge in [0, 0.05) is 0 Å². The highest BCUT2D eigenvalue weighted by atomic mass is 16.3. The van der Waals surface area contributed by atoms with Crippen molar-refractivity contribution < 1.29 is 15.0 Å². The van der Waals surface area contributed by atoms with Gasteiger partial charge in [0.1, 0.15) is 0 Å². The fourth-order valence-electron chi connectivity index (χ4n) is 1.47. The molecule has 0 aliphatic carbocycles. The highest BCUT2D eigenvalue weighted by Crippen LogP contribution is 2.13. The molecule has 4 nitrogen and oxygen atoms in total. The number of carbonyl (C=O) groups excluding carboxylic acids is 1. The number of rotatable bonds is 5. The smallest absolute Gasteiger partial charge is 0.253 e. The summed E-state index contributed by atoms with van der Waals surface area (Å²) in [6, 6.07) is 8.39. The summed E-state index contributed by atoms with van der Waals surface area (Å²) in [7, 11) is 0. The van der Waals surface area contributed by atoms with Gasteiger partial charge in [-0.25, -0.2) is 0 Å². The van der Waals surface area contributed by atoms with Crippen LogP contribution >= 0.6 is 0 Å². The average molecular weight is 237 g/mol. The topological polar surface area (TPSA) is 69.6 Å². The van der Waals surface area contributed by atoms with Crippen LogP contribution in [0, 0.1) is 5.92 Å². The molecule has 0 bridgehead atoms. The van der Waals surface area contributed by atoms with Crippen LogP contribution in [0.25, 0.3) is 0 Å². The third-order valence-electron chi connectivity index (χ3n) is 2.69. The summed E-state index contributed by atoms with van der Waals surface area (Å²) in [5, 5.41) is 21.5. The van der Waals surface area contributed by atoms with Crippen LogP contribution in [0.4, 0.5) is 0 Å². The van der Waals surface area contributed by atoms with Crippen molar-refractivity contribution >= 4 is 5.91 Å². The van der Waals surface area contributed by atoms with E-state index >= 15 is 0 Å². The molecule has 0 aliphatic heterocycles. The summed E-state index contributed by atoms with van der Waals surface area (Å²) in [5.74, 6) is -0.365. The summed E-state index contributed by atoms with van der Waals surface area (Å²) in [4.78, 5) is 11.7. The lowest BCUT2D eigenvalue weighted by atomic mass is 10.0. The molecule has 2 atom stereocenters. The lowest BCUT2D eigenvalue weighted by molar-refractivity contribution is -0.131. The fourth-order valence-corrected chi connectivity index (χ4v) is 1.47. The first-order chi connectivity index (χ1) is 8.06. The molecule has 0 fully saturated rings. The number of nitrogens with one attached hydrogen (secondary N) is 1. The normalized spacial score (nSPS) is 14.4. The van der Waals surface area contributed by atoms with Gasteiger partial charge in [-0.1, -0.05) is 44.2 Å². The average Bonchev–Trinajstić information content (AvgIpc) is 2.35. The predicted molar refractivity (Wildman–Crippen MR) is 65.3 cm³/mol. The molecule has 0 unspecified atom stereocenters. The maximum atomic E-state index is 11.7. The first kappa shape index (κ1) is 13.7. The summed E-state index contributed by atoms with van der Waals surface area (Å²) >= 11 is 0. The summed E-state index contributed by atoms with van der Waals surface area (Å²) in [6.07, 6.45) is -1.19. The monoisotopic (exact) mass is 237 g/mol. The maximum Gasteiger partial charge on any atom is 0.253 e. The van der Waals surface area contributed by atoms with Crippen molar-refractivity contribution in [2.45, 2.75) is 26.0 Å². The predicted octanol–water partition coefficient (Wildman–Crippen LogP) is 0.853. The van der Waals surface area contributed by atoms with E-state index in [0.717, 1.165) is 0 Å². The number of benzene rings is 1. The molecule has 1 rings (SSSR count). The zero-order valence-corrected chi connectivity index (χ0v) is 10.1. The van der Waals surface area contributed by atoms with Crippen molar-refractivity contribution in [2.75, 3.05) is 6.61 Å². The van der Waals surface area contributed by atoms with Gasteiger partial charge in [-0.15, -0.1) is 0 Å². The van der Waals surface area contributed by atoms with Gasteiger partial charge in [0.15, 0.2) is 6.10 Å². The first-order valence-corrected chi connectivity index (χ1v) is 5.70. The van der Waals surface area contributed by atoms with E-state index in [0.29, 0.717) is 5.56 Å². The van der Waals surface area contributed by atoms with E-state index in [1.807, 2.05) is 19.9 Å². The van der Waals surface area contributed by atoms with E-state index in [9.17, 15) is 9.90 Å². The van der Waals surface area contributed by atoms with Crippen LogP contribution in [0.3, 0.4) is 0 Å². The van der Waals surface area contributed by atoms with Crippen molar-refractivity contribution in [1.82, 2.24) is 5.32 Å². The molecule has 1 amide bonds. The third kappa shape index (κ3) is 3.84. The Bertz CT molecular complexity index is 351. The number of carbonyl (C=O) groups is 1. The number of amides is 1. The minimum atomic E-state index is -1.19. The molecule has 94 valence electrons. The van der Waals surface area contributed by atoms with Crippen molar-refractivity contribution in [3.63, 3.8) is 0 Å². The quantitative estimate of drug-likeness (QED) is 0.711.